The van der Waals surface area contributed by atoms with E-state index in [4.69, 9.17) is 4.74 Å². The third kappa shape index (κ3) is 5.65. The highest BCUT2D eigenvalue weighted by Crippen LogP contribution is 2.37. The molecule has 0 atom stereocenters. The first-order valence-corrected chi connectivity index (χ1v) is 12.2. The van der Waals surface area contributed by atoms with Crippen LogP contribution in [0.5, 0.6) is 5.75 Å². The quantitative estimate of drug-likeness (QED) is 0.308. The maximum absolute atomic E-state index is 12.7. The molecular formula is C20H15Br2IN2O4S. The molecule has 1 heterocycles. The number of carbonyl (C=O) groups excluding carboxylic acids is 3. The predicted octanol–water partition coefficient (Wildman–Crippen LogP) is 5.89. The molecule has 1 aliphatic heterocycles. The number of hydrogen-bond acceptors (Lipinski definition) is 5. The van der Waals surface area contributed by atoms with Crippen molar-refractivity contribution in [2.45, 2.75) is 6.92 Å². The molecule has 1 N–H and O–H groups in total. The van der Waals surface area contributed by atoms with Gasteiger partial charge in [0, 0.05) is 9.26 Å². The summed E-state index contributed by atoms with van der Waals surface area (Å²) in [6.45, 7) is 2.06. The Morgan fingerprint density at radius 3 is 2.43 bits per heavy atom. The summed E-state index contributed by atoms with van der Waals surface area (Å²) in [6.07, 6.45) is 1.62. The minimum absolute atomic E-state index is 0.255. The number of rotatable bonds is 6. The van der Waals surface area contributed by atoms with Gasteiger partial charge in [0.25, 0.3) is 11.1 Å². The summed E-state index contributed by atoms with van der Waals surface area (Å²) in [7, 11) is 0. The molecule has 3 amide bonds. The number of nitrogens with one attached hydrogen (secondary N) is 1. The Morgan fingerprint density at radius 1 is 1.20 bits per heavy atom. The monoisotopic (exact) mass is 664 g/mol. The molecule has 1 saturated heterocycles. The third-order valence-corrected chi connectivity index (χ3v) is 6.71. The van der Waals surface area contributed by atoms with Crippen molar-refractivity contribution in [3.63, 3.8) is 0 Å². The second-order valence-electron chi connectivity index (χ2n) is 6.07. The summed E-state index contributed by atoms with van der Waals surface area (Å²) < 4.78 is 8.04. The summed E-state index contributed by atoms with van der Waals surface area (Å²) in [5.41, 5.74) is 1.32. The molecule has 0 unspecified atom stereocenters. The topological polar surface area (TPSA) is 75.7 Å². The number of nitrogens with zero attached hydrogens (tertiary/aromatic N) is 1. The summed E-state index contributed by atoms with van der Waals surface area (Å²) in [5, 5.41) is 2.21. The third-order valence-electron chi connectivity index (χ3n) is 3.91. The van der Waals surface area contributed by atoms with Gasteiger partial charge in [-0.05, 0) is 121 Å². The molecule has 0 saturated carbocycles. The van der Waals surface area contributed by atoms with E-state index < -0.39 is 17.1 Å². The Balaban J connectivity index is 1.72. The lowest BCUT2D eigenvalue weighted by Crippen LogP contribution is -2.36. The number of imide groups is 1. The van der Waals surface area contributed by atoms with Crippen molar-refractivity contribution in [1.29, 1.82) is 0 Å². The molecule has 156 valence electrons. The van der Waals surface area contributed by atoms with Crippen molar-refractivity contribution in [2.75, 3.05) is 18.5 Å². The Labute approximate surface area is 208 Å². The summed E-state index contributed by atoms with van der Waals surface area (Å²) in [5.74, 6) is -0.273. The van der Waals surface area contributed by atoms with Gasteiger partial charge in [-0.1, -0.05) is 0 Å². The summed E-state index contributed by atoms with van der Waals surface area (Å²) in [4.78, 5) is 38.5. The second kappa shape index (κ2) is 10.3. The number of hydrogen-bond donors (Lipinski definition) is 1. The van der Waals surface area contributed by atoms with E-state index in [9.17, 15) is 14.4 Å². The zero-order valence-electron chi connectivity index (χ0n) is 15.6. The molecular weight excluding hydrogens is 651 g/mol. The van der Waals surface area contributed by atoms with Crippen molar-refractivity contribution < 1.29 is 19.1 Å². The van der Waals surface area contributed by atoms with E-state index >= 15 is 0 Å². The van der Waals surface area contributed by atoms with Crippen molar-refractivity contribution in [3.8, 4) is 5.75 Å². The van der Waals surface area contributed by atoms with Crippen LogP contribution in [-0.2, 0) is 9.59 Å². The van der Waals surface area contributed by atoms with Crippen molar-refractivity contribution >= 4 is 95.0 Å². The molecule has 0 radical (unpaired) electrons. The average Bonchev–Trinajstić information content (AvgIpc) is 2.94. The Hall–Kier alpha value is -1.37. The van der Waals surface area contributed by atoms with Gasteiger partial charge in [0.05, 0.1) is 20.5 Å². The highest BCUT2D eigenvalue weighted by atomic mass is 127. The number of halogens is 3. The van der Waals surface area contributed by atoms with E-state index in [0.29, 0.717) is 23.6 Å². The number of carbonyl (C=O) groups is 3. The van der Waals surface area contributed by atoms with Crippen molar-refractivity contribution in [3.05, 3.63) is 59.4 Å². The number of ether oxygens (including phenoxy) is 1. The standard InChI is InChI=1S/C20H15Br2IN2O4S/c1-2-29-18-14(21)7-11(8-15(18)22)9-16-19(27)25(20(28)30-16)10-17(26)24-13-5-3-12(23)4-6-13/h3-9H,2,10H2,1H3,(H,24,26)/b16-9-. The molecule has 1 aliphatic rings. The van der Waals surface area contributed by atoms with Crippen LogP contribution >= 0.6 is 66.2 Å². The summed E-state index contributed by atoms with van der Waals surface area (Å²) in [6, 6.07) is 10.8. The lowest BCUT2D eigenvalue weighted by Gasteiger charge is -2.12. The van der Waals surface area contributed by atoms with Gasteiger partial charge in [-0.3, -0.25) is 19.3 Å². The zero-order chi connectivity index (χ0) is 21.8. The van der Waals surface area contributed by atoms with Gasteiger partial charge in [-0.25, -0.2) is 0 Å². The van der Waals surface area contributed by atoms with Crippen molar-refractivity contribution in [2.24, 2.45) is 0 Å². The van der Waals surface area contributed by atoms with Crippen LogP contribution < -0.4 is 10.1 Å². The zero-order valence-corrected chi connectivity index (χ0v) is 21.7. The van der Waals surface area contributed by atoms with Gasteiger partial charge in [0.2, 0.25) is 5.91 Å². The molecule has 10 heteroatoms. The number of anilines is 1. The SMILES string of the molecule is CCOc1c(Br)cc(/C=C2\SC(=O)N(CC(=O)Nc3ccc(I)cc3)C2=O)cc1Br. The number of thioether (sulfide) groups is 1. The molecule has 3 rings (SSSR count). The van der Waals surface area contributed by atoms with E-state index in [2.05, 4.69) is 59.8 Å². The lowest BCUT2D eigenvalue weighted by atomic mass is 10.2. The van der Waals surface area contributed by atoms with Gasteiger partial charge in [-0.15, -0.1) is 0 Å². The lowest BCUT2D eigenvalue weighted by molar-refractivity contribution is -0.127. The molecule has 0 bridgehead atoms. The first kappa shape index (κ1) is 23.3. The van der Waals surface area contributed by atoms with Gasteiger partial charge in [0.15, 0.2) is 0 Å². The first-order valence-electron chi connectivity index (χ1n) is 8.71. The number of amides is 3. The normalized spacial score (nSPS) is 15.1. The van der Waals surface area contributed by atoms with E-state index in [1.807, 2.05) is 19.1 Å². The van der Waals surface area contributed by atoms with Gasteiger partial charge < -0.3 is 10.1 Å². The number of benzene rings is 2. The fraction of sp³-hybridized carbons (Fsp3) is 0.150. The van der Waals surface area contributed by atoms with Crippen LogP contribution in [0.2, 0.25) is 0 Å². The van der Waals surface area contributed by atoms with Crippen LogP contribution in [0.25, 0.3) is 6.08 Å². The van der Waals surface area contributed by atoms with Crippen LogP contribution in [-0.4, -0.2) is 35.1 Å². The minimum atomic E-state index is -0.496. The molecule has 0 aromatic heterocycles. The van der Waals surface area contributed by atoms with Gasteiger partial charge >= 0.3 is 0 Å². The van der Waals surface area contributed by atoms with E-state index in [1.54, 1.807) is 30.3 Å². The Kier molecular flexibility index (Phi) is 7.99. The molecule has 30 heavy (non-hydrogen) atoms. The van der Waals surface area contributed by atoms with Crippen LogP contribution in [0, 0.1) is 3.57 Å². The van der Waals surface area contributed by atoms with E-state index in [0.717, 1.165) is 29.2 Å². The molecule has 2 aromatic carbocycles. The second-order valence-corrected chi connectivity index (χ2v) is 10.0. The molecule has 2 aromatic rings. The van der Waals surface area contributed by atoms with Gasteiger partial charge in [0.1, 0.15) is 12.3 Å². The van der Waals surface area contributed by atoms with Crippen LogP contribution in [0.3, 0.4) is 0 Å². The highest BCUT2D eigenvalue weighted by Gasteiger charge is 2.36. The van der Waals surface area contributed by atoms with Crippen LogP contribution in [0.15, 0.2) is 50.2 Å². The molecule has 0 aliphatic carbocycles. The molecule has 0 spiro atoms. The van der Waals surface area contributed by atoms with Crippen molar-refractivity contribution in [1.82, 2.24) is 4.90 Å². The smallest absolute Gasteiger partial charge is 0.294 e. The summed E-state index contributed by atoms with van der Waals surface area (Å²) >= 11 is 9.87. The fourth-order valence-corrected chi connectivity index (χ4v) is 5.26. The van der Waals surface area contributed by atoms with Crippen LogP contribution in [0.4, 0.5) is 10.5 Å². The molecule has 1 fully saturated rings. The highest BCUT2D eigenvalue weighted by molar-refractivity contribution is 14.1. The van der Waals surface area contributed by atoms with Crippen LogP contribution in [0.1, 0.15) is 12.5 Å². The Bertz CT molecular complexity index is 1020. The largest absolute Gasteiger partial charge is 0.492 e. The molecule has 6 nitrogen and oxygen atoms in total. The minimum Gasteiger partial charge on any atom is -0.492 e. The van der Waals surface area contributed by atoms with E-state index in [1.165, 1.54) is 0 Å². The first-order chi connectivity index (χ1) is 14.3. The van der Waals surface area contributed by atoms with Gasteiger partial charge in [-0.2, -0.15) is 0 Å². The average molecular weight is 666 g/mol. The van der Waals surface area contributed by atoms with E-state index in [-0.39, 0.29) is 11.4 Å². The maximum atomic E-state index is 12.7. The predicted molar refractivity (Wildman–Crippen MR) is 133 cm³/mol. The Morgan fingerprint density at radius 2 is 1.83 bits per heavy atom. The maximum Gasteiger partial charge on any atom is 0.294 e. The fourth-order valence-electron chi connectivity index (χ4n) is 2.61.